The summed E-state index contributed by atoms with van der Waals surface area (Å²) in [5.74, 6) is 0.464. The van der Waals surface area contributed by atoms with E-state index in [1.165, 1.54) is 12.8 Å². The van der Waals surface area contributed by atoms with E-state index in [1.807, 2.05) is 24.4 Å². The summed E-state index contributed by atoms with van der Waals surface area (Å²) in [6, 6.07) is 5.99. The van der Waals surface area contributed by atoms with Crippen LogP contribution in [0.15, 0.2) is 36.8 Å². The SMILES string of the molecule is O=C(Nc1cnn(Cc2ccccn2)c1)C1CCC(NC(=O)C2CCCC2)CC1. The van der Waals surface area contributed by atoms with Crippen LogP contribution in [0, 0.1) is 11.8 Å². The summed E-state index contributed by atoms with van der Waals surface area (Å²) in [6.07, 6.45) is 13.0. The fraction of sp³-hybridized carbons (Fsp3) is 0.545. The fourth-order valence-electron chi connectivity index (χ4n) is 4.42. The Morgan fingerprint density at radius 3 is 2.48 bits per heavy atom. The smallest absolute Gasteiger partial charge is 0.227 e. The van der Waals surface area contributed by atoms with Gasteiger partial charge in [-0.25, -0.2) is 0 Å². The first-order valence-corrected chi connectivity index (χ1v) is 10.7. The van der Waals surface area contributed by atoms with Gasteiger partial charge in [0.05, 0.1) is 24.1 Å². The molecule has 0 unspecified atom stereocenters. The van der Waals surface area contributed by atoms with Crippen LogP contribution in [-0.4, -0.2) is 32.6 Å². The number of nitrogens with zero attached hydrogens (tertiary/aromatic N) is 3. The largest absolute Gasteiger partial charge is 0.353 e. The zero-order valence-electron chi connectivity index (χ0n) is 16.7. The van der Waals surface area contributed by atoms with Gasteiger partial charge < -0.3 is 10.6 Å². The molecule has 0 aliphatic heterocycles. The lowest BCUT2D eigenvalue weighted by atomic mass is 9.85. The van der Waals surface area contributed by atoms with Crippen LogP contribution in [-0.2, 0) is 16.1 Å². The molecule has 2 N–H and O–H groups in total. The summed E-state index contributed by atoms with van der Waals surface area (Å²) in [7, 11) is 0. The molecule has 0 aromatic carbocycles. The number of aromatic nitrogens is 3. The van der Waals surface area contributed by atoms with E-state index in [0.717, 1.165) is 44.2 Å². The zero-order chi connectivity index (χ0) is 20.1. The monoisotopic (exact) mass is 395 g/mol. The van der Waals surface area contributed by atoms with E-state index in [1.54, 1.807) is 17.1 Å². The molecule has 2 aromatic rings. The molecule has 2 saturated carbocycles. The Labute approximate surface area is 171 Å². The van der Waals surface area contributed by atoms with Gasteiger partial charge in [0, 0.05) is 30.3 Å². The zero-order valence-corrected chi connectivity index (χ0v) is 16.7. The van der Waals surface area contributed by atoms with E-state index in [-0.39, 0.29) is 29.7 Å². The summed E-state index contributed by atoms with van der Waals surface area (Å²) in [6.45, 7) is 0.572. The Hall–Kier alpha value is -2.70. The van der Waals surface area contributed by atoms with Crippen LogP contribution in [0.3, 0.4) is 0 Å². The Morgan fingerprint density at radius 2 is 1.76 bits per heavy atom. The van der Waals surface area contributed by atoms with Crippen molar-refractivity contribution in [3.05, 3.63) is 42.5 Å². The first kappa shape index (κ1) is 19.6. The second-order valence-corrected chi connectivity index (χ2v) is 8.28. The number of anilines is 1. The van der Waals surface area contributed by atoms with Crippen LogP contribution in [0.4, 0.5) is 5.69 Å². The highest BCUT2D eigenvalue weighted by atomic mass is 16.2. The molecule has 0 radical (unpaired) electrons. The van der Waals surface area contributed by atoms with Crippen molar-refractivity contribution in [2.24, 2.45) is 11.8 Å². The van der Waals surface area contributed by atoms with Crippen LogP contribution in [0.5, 0.6) is 0 Å². The van der Waals surface area contributed by atoms with Gasteiger partial charge in [-0.3, -0.25) is 19.3 Å². The van der Waals surface area contributed by atoms with Gasteiger partial charge in [-0.05, 0) is 50.7 Å². The third kappa shape index (κ3) is 5.22. The Balaban J connectivity index is 1.22. The quantitative estimate of drug-likeness (QED) is 0.786. The van der Waals surface area contributed by atoms with Gasteiger partial charge in [-0.2, -0.15) is 5.10 Å². The van der Waals surface area contributed by atoms with E-state index < -0.39 is 0 Å². The van der Waals surface area contributed by atoms with Gasteiger partial charge in [-0.15, -0.1) is 0 Å². The summed E-state index contributed by atoms with van der Waals surface area (Å²) in [5.41, 5.74) is 1.63. The lowest BCUT2D eigenvalue weighted by Gasteiger charge is -2.29. The molecule has 2 aromatic heterocycles. The fourth-order valence-corrected chi connectivity index (χ4v) is 4.42. The average molecular weight is 396 g/mol. The van der Waals surface area contributed by atoms with Crippen LogP contribution in [0.1, 0.15) is 57.1 Å². The van der Waals surface area contributed by atoms with Crippen molar-refractivity contribution in [3.63, 3.8) is 0 Å². The highest BCUT2D eigenvalue weighted by Crippen LogP contribution is 2.28. The molecule has 2 heterocycles. The normalized spacial score (nSPS) is 22.3. The number of hydrogen-bond donors (Lipinski definition) is 2. The second-order valence-electron chi connectivity index (χ2n) is 8.28. The summed E-state index contributed by atoms with van der Waals surface area (Å²) < 4.78 is 1.77. The summed E-state index contributed by atoms with van der Waals surface area (Å²) >= 11 is 0. The van der Waals surface area contributed by atoms with Crippen molar-refractivity contribution in [2.45, 2.75) is 64.0 Å². The van der Waals surface area contributed by atoms with Crippen LogP contribution < -0.4 is 10.6 Å². The van der Waals surface area contributed by atoms with Crippen molar-refractivity contribution >= 4 is 17.5 Å². The molecule has 2 aliphatic rings. The average Bonchev–Trinajstić information content (AvgIpc) is 3.42. The molecule has 29 heavy (non-hydrogen) atoms. The third-order valence-electron chi connectivity index (χ3n) is 6.12. The van der Waals surface area contributed by atoms with Gasteiger partial charge >= 0.3 is 0 Å². The minimum atomic E-state index is -0.00577. The highest BCUT2D eigenvalue weighted by molar-refractivity contribution is 5.92. The van der Waals surface area contributed by atoms with Gasteiger partial charge in [-0.1, -0.05) is 18.9 Å². The number of rotatable bonds is 6. The predicted molar refractivity (Wildman–Crippen MR) is 110 cm³/mol. The lowest BCUT2D eigenvalue weighted by molar-refractivity contribution is -0.125. The molecule has 2 aliphatic carbocycles. The van der Waals surface area contributed by atoms with Crippen molar-refractivity contribution < 1.29 is 9.59 Å². The molecule has 0 bridgehead atoms. The number of carbonyl (C=O) groups is 2. The molecular formula is C22H29N5O2. The maximum atomic E-state index is 12.6. The van der Waals surface area contributed by atoms with Crippen LogP contribution >= 0.6 is 0 Å². The molecule has 2 fully saturated rings. The minimum Gasteiger partial charge on any atom is -0.353 e. The molecule has 4 rings (SSSR count). The van der Waals surface area contributed by atoms with Gasteiger partial charge in [0.15, 0.2) is 0 Å². The first-order chi connectivity index (χ1) is 14.2. The number of carbonyl (C=O) groups excluding carboxylic acids is 2. The predicted octanol–water partition coefficient (Wildman–Crippen LogP) is 3.13. The maximum absolute atomic E-state index is 12.6. The van der Waals surface area contributed by atoms with E-state index in [4.69, 9.17) is 0 Å². The molecular weight excluding hydrogens is 366 g/mol. The molecule has 0 saturated heterocycles. The first-order valence-electron chi connectivity index (χ1n) is 10.7. The second kappa shape index (κ2) is 9.20. The summed E-state index contributed by atoms with van der Waals surface area (Å²) in [5, 5.41) is 10.5. The van der Waals surface area contributed by atoms with Crippen LogP contribution in [0.2, 0.25) is 0 Å². The molecule has 154 valence electrons. The van der Waals surface area contributed by atoms with Crippen molar-refractivity contribution in [2.75, 3.05) is 5.32 Å². The summed E-state index contributed by atoms with van der Waals surface area (Å²) in [4.78, 5) is 29.2. The Morgan fingerprint density at radius 1 is 1.00 bits per heavy atom. The number of amides is 2. The number of pyridine rings is 1. The molecule has 7 heteroatoms. The minimum absolute atomic E-state index is 0.00577. The van der Waals surface area contributed by atoms with E-state index >= 15 is 0 Å². The van der Waals surface area contributed by atoms with Gasteiger partial charge in [0.2, 0.25) is 11.8 Å². The van der Waals surface area contributed by atoms with Gasteiger partial charge in [0.25, 0.3) is 0 Å². The number of hydrogen-bond acceptors (Lipinski definition) is 4. The standard InChI is InChI=1S/C22H29N5O2/c28-21(16-5-1-2-6-16)25-18-10-8-17(9-11-18)22(29)26-20-13-24-27(15-20)14-19-7-3-4-12-23-19/h3-4,7,12-13,15-18H,1-2,5-6,8-11,14H2,(H,25,28)(H,26,29). The van der Waals surface area contributed by atoms with Crippen molar-refractivity contribution in [1.82, 2.24) is 20.1 Å². The molecule has 0 spiro atoms. The lowest BCUT2D eigenvalue weighted by Crippen LogP contribution is -2.41. The molecule has 2 amide bonds. The number of nitrogens with one attached hydrogen (secondary N) is 2. The topological polar surface area (TPSA) is 88.9 Å². The van der Waals surface area contributed by atoms with E-state index in [9.17, 15) is 9.59 Å². The Kier molecular flexibility index (Phi) is 6.22. The molecule has 0 atom stereocenters. The van der Waals surface area contributed by atoms with E-state index in [2.05, 4.69) is 20.7 Å². The maximum Gasteiger partial charge on any atom is 0.227 e. The van der Waals surface area contributed by atoms with Gasteiger partial charge in [0.1, 0.15) is 0 Å². The van der Waals surface area contributed by atoms with Crippen molar-refractivity contribution in [3.8, 4) is 0 Å². The van der Waals surface area contributed by atoms with Crippen LogP contribution in [0.25, 0.3) is 0 Å². The molecule has 7 nitrogen and oxygen atoms in total. The van der Waals surface area contributed by atoms with E-state index in [0.29, 0.717) is 12.2 Å². The third-order valence-corrected chi connectivity index (χ3v) is 6.12. The highest BCUT2D eigenvalue weighted by Gasteiger charge is 2.29. The Bertz CT molecular complexity index is 821. The van der Waals surface area contributed by atoms with Crippen molar-refractivity contribution in [1.29, 1.82) is 0 Å².